The van der Waals surface area contributed by atoms with Gasteiger partial charge in [0, 0.05) is 18.7 Å². The minimum Gasteiger partial charge on any atom is -0.488 e. The average Bonchev–Trinajstić information content (AvgIpc) is 2.52. The number of hydrogen-bond donors (Lipinski definition) is 2. The van der Waals surface area contributed by atoms with E-state index in [4.69, 9.17) is 9.73 Å². The molecule has 0 saturated heterocycles. The zero-order chi connectivity index (χ0) is 17.8. The quantitative estimate of drug-likeness (QED) is 0.234. The van der Waals surface area contributed by atoms with Gasteiger partial charge in [-0.25, -0.2) is 4.99 Å². The second-order valence-electron chi connectivity index (χ2n) is 6.64. The molecule has 0 aromatic heterocycles. The van der Waals surface area contributed by atoms with Crippen molar-refractivity contribution in [3.05, 3.63) is 29.8 Å². The summed E-state index contributed by atoms with van der Waals surface area (Å²) in [4.78, 5) is 4.70. The van der Waals surface area contributed by atoms with Crippen molar-refractivity contribution in [1.29, 1.82) is 0 Å². The molecule has 0 spiro atoms. The maximum atomic E-state index is 6.04. The summed E-state index contributed by atoms with van der Waals surface area (Å²) in [5.41, 5.74) is 0.895. The maximum Gasteiger partial charge on any atom is 0.191 e. The molecular formula is C19H34IN3OS. The largest absolute Gasteiger partial charge is 0.488 e. The zero-order valence-corrected chi connectivity index (χ0v) is 19.4. The van der Waals surface area contributed by atoms with Gasteiger partial charge in [-0.05, 0) is 58.6 Å². The number of unbranched alkanes of at least 4 members (excludes halogenated alkanes) is 1. The maximum absolute atomic E-state index is 6.04. The van der Waals surface area contributed by atoms with Gasteiger partial charge in [0.25, 0.3) is 0 Å². The standard InChI is InChI=1S/C19H33N3OS.HI/c1-6-20-18(21-13-9-10-14-24-5)22-15-16-11-7-8-12-17(16)23-19(2,3)4;/h7-8,11-12H,6,9-10,13-15H2,1-5H3,(H2,20,21,22);1H. The van der Waals surface area contributed by atoms with E-state index in [1.807, 2.05) is 30.0 Å². The van der Waals surface area contributed by atoms with Crippen LogP contribution >= 0.6 is 35.7 Å². The number of para-hydroxylation sites is 1. The minimum absolute atomic E-state index is 0. The van der Waals surface area contributed by atoms with Crippen molar-refractivity contribution in [2.24, 2.45) is 4.99 Å². The third-order valence-corrected chi connectivity index (χ3v) is 3.91. The number of nitrogens with zero attached hydrogens (tertiary/aromatic N) is 1. The van der Waals surface area contributed by atoms with E-state index in [1.54, 1.807) is 0 Å². The van der Waals surface area contributed by atoms with E-state index in [2.05, 4.69) is 50.7 Å². The first-order chi connectivity index (χ1) is 11.5. The van der Waals surface area contributed by atoms with Crippen LogP contribution in [0.1, 0.15) is 46.1 Å². The molecule has 0 bridgehead atoms. The van der Waals surface area contributed by atoms with Crippen LogP contribution in [0.2, 0.25) is 0 Å². The number of ether oxygens (including phenoxy) is 1. The van der Waals surface area contributed by atoms with Gasteiger partial charge in [-0.2, -0.15) is 11.8 Å². The van der Waals surface area contributed by atoms with Crippen molar-refractivity contribution in [2.75, 3.05) is 25.1 Å². The van der Waals surface area contributed by atoms with E-state index in [9.17, 15) is 0 Å². The van der Waals surface area contributed by atoms with Crippen molar-refractivity contribution in [1.82, 2.24) is 10.6 Å². The van der Waals surface area contributed by atoms with Crippen LogP contribution in [-0.2, 0) is 6.54 Å². The molecule has 1 aromatic carbocycles. The highest BCUT2D eigenvalue weighted by Gasteiger charge is 2.14. The molecule has 6 heteroatoms. The highest BCUT2D eigenvalue weighted by atomic mass is 127. The highest BCUT2D eigenvalue weighted by molar-refractivity contribution is 14.0. The lowest BCUT2D eigenvalue weighted by molar-refractivity contribution is 0.129. The van der Waals surface area contributed by atoms with Gasteiger partial charge in [-0.3, -0.25) is 0 Å². The van der Waals surface area contributed by atoms with E-state index < -0.39 is 0 Å². The van der Waals surface area contributed by atoms with Crippen LogP contribution in [0.4, 0.5) is 0 Å². The third kappa shape index (κ3) is 11.6. The van der Waals surface area contributed by atoms with Gasteiger partial charge < -0.3 is 15.4 Å². The normalized spacial score (nSPS) is 11.6. The Hall–Kier alpha value is -0.630. The van der Waals surface area contributed by atoms with Crippen molar-refractivity contribution in [2.45, 2.75) is 52.7 Å². The Morgan fingerprint density at radius 1 is 1.16 bits per heavy atom. The van der Waals surface area contributed by atoms with E-state index in [1.165, 1.54) is 12.2 Å². The lowest BCUT2D eigenvalue weighted by atomic mass is 10.1. The first kappa shape index (κ1) is 24.4. The molecule has 0 heterocycles. The van der Waals surface area contributed by atoms with Crippen LogP contribution in [0.25, 0.3) is 0 Å². The van der Waals surface area contributed by atoms with Gasteiger partial charge in [0.05, 0.1) is 6.54 Å². The molecule has 144 valence electrons. The zero-order valence-electron chi connectivity index (χ0n) is 16.2. The van der Waals surface area contributed by atoms with Crippen LogP contribution in [0, 0.1) is 0 Å². The monoisotopic (exact) mass is 479 g/mol. The molecule has 0 aliphatic carbocycles. The van der Waals surface area contributed by atoms with E-state index >= 15 is 0 Å². The second-order valence-corrected chi connectivity index (χ2v) is 7.63. The molecule has 0 aliphatic heterocycles. The molecular weight excluding hydrogens is 445 g/mol. The summed E-state index contributed by atoms with van der Waals surface area (Å²) >= 11 is 1.90. The van der Waals surface area contributed by atoms with Crippen LogP contribution in [0.3, 0.4) is 0 Å². The molecule has 0 atom stereocenters. The molecule has 1 aromatic rings. The Bertz CT molecular complexity index is 504. The molecule has 0 fully saturated rings. The van der Waals surface area contributed by atoms with Crippen LogP contribution < -0.4 is 15.4 Å². The van der Waals surface area contributed by atoms with Crippen molar-refractivity contribution >= 4 is 41.7 Å². The molecule has 1 rings (SSSR count). The number of thioether (sulfide) groups is 1. The number of hydrogen-bond acceptors (Lipinski definition) is 3. The summed E-state index contributed by atoms with van der Waals surface area (Å²) in [6, 6.07) is 8.12. The Morgan fingerprint density at radius 2 is 1.88 bits per heavy atom. The molecule has 25 heavy (non-hydrogen) atoms. The first-order valence-electron chi connectivity index (χ1n) is 8.74. The predicted molar refractivity (Wildman–Crippen MR) is 123 cm³/mol. The Labute approximate surface area is 175 Å². The van der Waals surface area contributed by atoms with Crippen LogP contribution in [0.15, 0.2) is 29.3 Å². The summed E-state index contributed by atoms with van der Waals surface area (Å²) in [7, 11) is 0. The van der Waals surface area contributed by atoms with E-state index in [0.29, 0.717) is 6.54 Å². The average molecular weight is 479 g/mol. The van der Waals surface area contributed by atoms with Gasteiger partial charge in [-0.1, -0.05) is 18.2 Å². The highest BCUT2D eigenvalue weighted by Crippen LogP contribution is 2.23. The fourth-order valence-corrected chi connectivity index (χ4v) is 2.64. The fourth-order valence-electron chi connectivity index (χ4n) is 2.15. The summed E-state index contributed by atoms with van der Waals surface area (Å²) < 4.78 is 6.04. The molecule has 0 saturated carbocycles. The van der Waals surface area contributed by atoms with Crippen LogP contribution in [0.5, 0.6) is 5.75 Å². The molecule has 0 radical (unpaired) electrons. The Balaban J connectivity index is 0.00000576. The summed E-state index contributed by atoms with van der Waals surface area (Å²) in [5.74, 6) is 2.99. The number of nitrogens with one attached hydrogen (secondary N) is 2. The smallest absolute Gasteiger partial charge is 0.191 e. The fraction of sp³-hybridized carbons (Fsp3) is 0.632. The molecule has 0 aliphatic rings. The number of aliphatic imine (C=N–C) groups is 1. The van der Waals surface area contributed by atoms with Crippen LogP contribution in [-0.4, -0.2) is 36.7 Å². The van der Waals surface area contributed by atoms with Gasteiger partial charge in [0.2, 0.25) is 0 Å². The molecule has 0 amide bonds. The lowest BCUT2D eigenvalue weighted by Gasteiger charge is -2.23. The van der Waals surface area contributed by atoms with Gasteiger partial charge in [-0.15, -0.1) is 24.0 Å². The third-order valence-electron chi connectivity index (χ3n) is 3.21. The van der Waals surface area contributed by atoms with Crippen molar-refractivity contribution in [3.8, 4) is 5.75 Å². The molecule has 0 unspecified atom stereocenters. The predicted octanol–water partition coefficient (Wildman–Crippen LogP) is 4.68. The minimum atomic E-state index is -0.208. The number of benzene rings is 1. The van der Waals surface area contributed by atoms with Gasteiger partial charge in [0.15, 0.2) is 5.96 Å². The summed E-state index contributed by atoms with van der Waals surface area (Å²) in [6.07, 6.45) is 4.54. The number of halogens is 1. The van der Waals surface area contributed by atoms with E-state index in [0.717, 1.165) is 36.8 Å². The van der Waals surface area contributed by atoms with Crippen molar-refractivity contribution < 1.29 is 4.74 Å². The molecule has 2 N–H and O–H groups in total. The second kappa shape index (κ2) is 13.6. The Kier molecular flexibility index (Phi) is 13.2. The number of rotatable bonds is 9. The van der Waals surface area contributed by atoms with Gasteiger partial charge >= 0.3 is 0 Å². The molecule has 4 nitrogen and oxygen atoms in total. The van der Waals surface area contributed by atoms with Gasteiger partial charge in [0.1, 0.15) is 11.4 Å². The lowest BCUT2D eigenvalue weighted by Crippen LogP contribution is -2.37. The summed E-state index contributed by atoms with van der Waals surface area (Å²) in [6.45, 7) is 10.7. The van der Waals surface area contributed by atoms with Crippen molar-refractivity contribution in [3.63, 3.8) is 0 Å². The first-order valence-corrected chi connectivity index (χ1v) is 10.1. The SMILES string of the molecule is CCNC(=NCc1ccccc1OC(C)(C)C)NCCCCSC.I. The van der Waals surface area contributed by atoms with E-state index in [-0.39, 0.29) is 29.6 Å². The summed E-state index contributed by atoms with van der Waals surface area (Å²) in [5, 5.41) is 6.71. The Morgan fingerprint density at radius 3 is 2.52 bits per heavy atom. The number of guanidine groups is 1. The topological polar surface area (TPSA) is 45.7 Å².